The van der Waals surface area contributed by atoms with Gasteiger partial charge in [-0.1, -0.05) is 30.3 Å². The van der Waals surface area contributed by atoms with Gasteiger partial charge in [0.05, 0.1) is 0 Å². The maximum atomic E-state index is 11.5. The minimum Gasteiger partial charge on any atom is -0.372 e. The Labute approximate surface area is 125 Å². The Balaban J connectivity index is 1.85. The van der Waals surface area contributed by atoms with Gasteiger partial charge in [0.2, 0.25) is 5.91 Å². The molecule has 0 radical (unpaired) electrons. The van der Waals surface area contributed by atoms with Crippen molar-refractivity contribution in [2.45, 2.75) is 19.3 Å². The van der Waals surface area contributed by atoms with Gasteiger partial charge in [0, 0.05) is 24.3 Å². The summed E-state index contributed by atoms with van der Waals surface area (Å²) in [5.41, 5.74) is 9.55. The maximum absolute atomic E-state index is 11.5. The molecule has 108 valence electrons. The molecule has 2 aromatic carbocycles. The Kier molecular flexibility index (Phi) is 3.91. The fourth-order valence-electron chi connectivity index (χ4n) is 2.97. The highest BCUT2D eigenvalue weighted by molar-refractivity contribution is 5.94. The van der Waals surface area contributed by atoms with Crippen molar-refractivity contribution in [2.75, 3.05) is 18.0 Å². The SMILES string of the molecule is NC(=O)c1ccccc1Cc1cccc(N2CCCC2)c1. The molecule has 0 unspecified atom stereocenters. The van der Waals surface area contributed by atoms with E-state index in [2.05, 4.69) is 29.2 Å². The summed E-state index contributed by atoms with van der Waals surface area (Å²) >= 11 is 0. The lowest BCUT2D eigenvalue weighted by Gasteiger charge is -2.18. The maximum Gasteiger partial charge on any atom is 0.248 e. The number of nitrogens with zero attached hydrogens (tertiary/aromatic N) is 1. The van der Waals surface area contributed by atoms with Gasteiger partial charge in [0.25, 0.3) is 0 Å². The number of carbonyl (C=O) groups is 1. The highest BCUT2D eigenvalue weighted by Gasteiger charge is 2.13. The summed E-state index contributed by atoms with van der Waals surface area (Å²) in [4.78, 5) is 13.9. The lowest BCUT2D eigenvalue weighted by molar-refractivity contribution is 0.0999. The molecule has 1 amide bonds. The number of nitrogens with two attached hydrogens (primary N) is 1. The Morgan fingerprint density at radius 1 is 1.05 bits per heavy atom. The van der Waals surface area contributed by atoms with Crippen molar-refractivity contribution in [2.24, 2.45) is 5.73 Å². The first-order valence-corrected chi connectivity index (χ1v) is 7.45. The number of rotatable bonds is 4. The fraction of sp³-hybridized carbons (Fsp3) is 0.278. The van der Waals surface area contributed by atoms with Gasteiger partial charge in [-0.25, -0.2) is 0 Å². The minimum atomic E-state index is -0.360. The molecule has 0 aliphatic carbocycles. The van der Waals surface area contributed by atoms with Crippen molar-refractivity contribution in [3.8, 4) is 0 Å². The molecule has 0 spiro atoms. The third-order valence-electron chi connectivity index (χ3n) is 4.06. The number of carbonyl (C=O) groups excluding carboxylic acids is 1. The fourth-order valence-corrected chi connectivity index (χ4v) is 2.97. The van der Waals surface area contributed by atoms with E-state index in [9.17, 15) is 4.79 Å². The van der Waals surface area contributed by atoms with E-state index in [1.54, 1.807) is 6.07 Å². The largest absolute Gasteiger partial charge is 0.372 e. The van der Waals surface area contributed by atoms with Gasteiger partial charge in [-0.2, -0.15) is 0 Å². The summed E-state index contributed by atoms with van der Waals surface area (Å²) in [5, 5.41) is 0. The van der Waals surface area contributed by atoms with Crippen LogP contribution in [0.25, 0.3) is 0 Å². The number of hydrogen-bond acceptors (Lipinski definition) is 2. The van der Waals surface area contributed by atoms with Crippen molar-refractivity contribution in [3.63, 3.8) is 0 Å². The summed E-state index contributed by atoms with van der Waals surface area (Å²) in [5.74, 6) is -0.360. The van der Waals surface area contributed by atoms with E-state index in [-0.39, 0.29) is 5.91 Å². The molecule has 0 atom stereocenters. The lowest BCUT2D eigenvalue weighted by atomic mass is 9.99. The van der Waals surface area contributed by atoms with Crippen molar-refractivity contribution in [1.29, 1.82) is 0 Å². The van der Waals surface area contributed by atoms with E-state index in [1.165, 1.54) is 24.1 Å². The van der Waals surface area contributed by atoms with E-state index < -0.39 is 0 Å². The van der Waals surface area contributed by atoms with Crippen LogP contribution in [-0.4, -0.2) is 19.0 Å². The molecule has 1 fully saturated rings. The van der Waals surface area contributed by atoms with Crippen LogP contribution in [0.15, 0.2) is 48.5 Å². The normalized spacial score (nSPS) is 14.4. The molecule has 2 N–H and O–H groups in total. The van der Waals surface area contributed by atoms with Crippen LogP contribution in [0.1, 0.15) is 34.3 Å². The first-order valence-electron chi connectivity index (χ1n) is 7.45. The molecular weight excluding hydrogens is 260 g/mol. The molecule has 3 rings (SSSR count). The van der Waals surface area contributed by atoms with Crippen LogP contribution in [0.2, 0.25) is 0 Å². The summed E-state index contributed by atoms with van der Waals surface area (Å²) in [6.07, 6.45) is 3.28. The Bertz CT molecular complexity index is 645. The molecule has 21 heavy (non-hydrogen) atoms. The van der Waals surface area contributed by atoms with E-state index in [0.717, 1.165) is 25.1 Å². The Morgan fingerprint density at radius 3 is 2.57 bits per heavy atom. The second-order valence-electron chi connectivity index (χ2n) is 5.56. The summed E-state index contributed by atoms with van der Waals surface area (Å²) < 4.78 is 0. The second kappa shape index (κ2) is 6.00. The van der Waals surface area contributed by atoms with E-state index in [1.807, 2.05) is 18.2 Å². The molecule has 1 aliphatic heterocycles. The summed E-state index contributed by atoms with van der Waals surface area (Å²) in [6.45, 7) is 2.28. The van der Waals surface area contributed by atoms with E-state index in [4.69, 9.17) is 5.73 Å². The average molecular weight is 280 g/mol. The molecule has 0 saturated carbocycles. The zero-order chi connectivity index (χ0) is 14.7. The minimum absolute atomic E-state index is 0.360. The first kappa shape index (κ1) is 13.7. The standard InChI is InChI=1S/C18H20N2O/c19-18(21)17-9-2-1-7-15(17)12-14-6-5-8-16(13-14)20-10-3-4-11-20/h1-2,5-9,13H,3-4,10-12H2,(H2,19,21). The monoisotopic (exact) mass is 280 g/mol. The smallest absolute Gasteiger partial charge is 0.248 e. The third kappa shape index (κ3) is 3.07. The zero-order valence-electron chi connectivity index (χ0n) is 12.1. The van der Waals surface area contributed by atoms with Crippen molar-refractivity contribution in [1.82, 2.24) is 0 Å². The predicted molar refractivity (Wildman–Crippen MR) is 85.7 cm³/mol. The molecule has 1 saturated heterocycles. The molecule has 0 aromatic heterocycles. The van der Waals surface area contributed by atoms with Gasteiger partial charge < -0.3 is 10.6 Å². The van der Waals surface area contributed by atoms with E-state index >= 15 is 0 Å². The van der Waals surface area contributed by atoms with Crippen LogP contribution in [0.3, 0.4) is 0 Å². The van der Waals surface area contributed by atoms with Gasteiger partial charge >= 0.3 is 0 Å². The van der Waals surface area contributed by atoms with Gasteiger partial charge in [-0.3, -0.25) is 4.79 Å². The third-order valence-corrected chi connectivity index (χ3v) is 4.06. The molecule has 1 aliphatic rings. The number of amides is 1. The number of anilines is 1. The van der Waals surface area contributed by atoms with Gasteiger partial charge in [-0.05, 0) is 48.6 Å². The van der Waals surface area contributed by atoms with E-state index in [0.29, 0.717) is 5.56 Å². The van der Waals surface area contributed by atoms with Gasteiger partial charge in [-0.15, -0.1) is 0 Å². The van der Waals surface area contributed by atoms with Crippen molar-refractivity contribution >= 4 is 11.6 Å². The van der Waals surface area contributed by atoms with Crippen LogP contribution < -0.4 is 10.6 Å². The number of hydrogen-bond donors (Lipinski definition) is 1. The van der Waals surface area contributed by atoms with Crippen molar-refractivity contribution < 1.29 is 4.79 Å². The summed E-state index contributed by atoms with van der Waals surface area (Å²) in [7, 11) is 0. The molecular formula is C18H20N2O. The highest BCUT2D eigenvalue weighted by Crippen LogP contribution is 2.23. The molecule has 0 bridgehead atoms. The predicted octanol–water partition coefficient (Wildman–Crippen LogP) is 2.98. The van der Waals surface area contributed by atoms with Crippen LogP contribution in [-0.2, 0) is 6.42 Å². The van der Waals surface area contributed by atoms with Crippen molar-refractivity contribution in [3.05, 3.63) is 65.2 Å². The molecule has 3 heteroatoms. The topological polar surface area (TPSA) is 46.3 Å². The van der Waals surface area contributed by atoms with Crippen LogP contribution in [0.5, 0.6) is 0 Å². The average Bonchev–Trinajstić information content (AvgIpc) is 3.02. The highest BCUT2D eigenvalue weighted by atomic mass is 16.1. The molecule has 1 heterocycles. The second-order valence-corrected chi connectivity index (χ2v) is 5.56. The molecule has 3 nitrogen and oxygen atoms in total. The zero-order valence-corrected chi connectivity index (χ0v) is 12.1. The van der Waals surface area contributed by atoms with Gasteiger partial charge in [0.1, 0.15) is 0 Å². The number of benzene rings is 2. The van der Waals surface area contributed by atoms with Crippen LogP contribution in [0, 0.1) is 0 Å². The van der Waals surface area contributed by atoms with Crippen LogP contribution >= 0.6 is 0 Å². The number of primary amides is 1. The lowest BCUT2D eigenvalue weighted by Crippen LogP contribution is -2.17. The first-order chi connectivity index (χ1) is 10.2. The summed E-state index contributed by atoms with van der Waals surface area (Å²) in [6, 6.07) is 16.2. The Hall–Kier alpha value is -2.29. The quantitative estimate of drug-likeness (QED) is 0.936. The van der Waals surface area contributed by atoms with Gasteiger partial charge in [0.15, 0.2) is 0 Å². The molecule has 2 aromatic rings. The Morgan fingerprint density at radius 2 is 1.81 bits per heavy atom. The van der Waals surface area contributed by atoms with Crippen LogP contribution in [0.4, 0.5) is 5.69 Å².